The van der Waals surface area contributed by atoms with Gasteiger partial charge in [-0.05, 0) is 25.5 Å². The second kappa shape index (κ2) is 8.09. The summed E-state index contributed by atoms with van der Waals surface area (Å²) < 4.78 is 10.4. The van der Waals surface area contributed by atoms with E-state index >= 15 is 0 Å². The number of hydrogen-bond donors (Lipinski definition) is 2. The van der Waals surface area contributed by atoms with Gasteiger partial charge in [0.2, 0.25) is 11.8 Å². The zero-order chi connectivity index (χ0) is 17.5. The fraction of sp³-hybridized carbons (Fsp3) is 0.375. The van der Waals surface area contributed by atoms with Gasteiger partial charge in [0, 0.05) is 23.8 Å². The summed E-state index contributed by atoms with van der Waals surface area (Å²) >= 11 is 0. The van der Waals surface area contributed by atoms with Crippen LogP contribution >= 0.6 is 0 Å². The Morgan fingerprint density at radius 3 is 2.83 bits per heavy atom. The highest BCUT2D eigenvalue weighted by atomic mass is 16.5. The Hall–Kier alpha value is -2.90. The smallest absolute Gasteiger partial charge is 0.248 e. The predicted octanol–water partition coefficient (Wildman–Crippen LogP) is 1.06. The quantitative estimate of drug-likeness (QED) is 0.576. The van der Waals surface area contributed by atoms with Crippen LogP contribution in [0.5, 0.6) is 11.5 Å². The van der Waals surface area contributed by atoms with E-state index in [-0.39, 0.29) is 24.2 Å². The first-order chi connectivity index (χ1) is 11.5. The van der Waals surface area contributed by atoms with E-state index in [9.17, 15) is 9.59 Å². The van der Waals surface area contributed by atoms with Crippen molar-refractivity contribution in [2.24, 2.45) is 16.1 Å². The molecule has 1 aromatic carbocycles. The third kappa shape index (κ3) is 4.31. The van der Waals surface area contributed by atoms with E-state index < -0.39 is 0 Å². The van der Waals surface area contributed by atoms with Crippen molar-refractivity contribution in [3.8, 4) is 11.5 Å². The van der Waals surface area contributed by atoms with Gasteiger partial charge >= 0.3 is 0 Å². The molecule has 0 aromatic heterocycles. The summed E-state index contributed by atoms with van der Waals surface area (Å²) in [6, 6.07) is 5.27. The molecule has 0 aliphatic carbocycles. The van der Waals surface area contributed by atoms with Crippen molar-refractivity contribution in [2.75, 3.05) is 14.2 Å². The maximum absolute atomic E-state index is 11.8. The van der Waals surface area contributed by atoms with Crippen molar-refractivity contribution in [1.82, 2.24) is 10.9 Å². The minimum absolute atomic E-state index is 0.174. The topological polar surface area (TPSA) is 101 Å². The predicted molar refractivity (Wildman–Crippen MR) is 89.3 cm³/mol. The highest BCUT2D eigenvalue weighted by Gasteiger charge is 2.26. The minimum Gasteiger partial charge on any atom is -0.497 e. The first-order valence-electron chi connectivity index (χ1n) is 7.43. The van der Waals surface area contributed by atoms with Gasteiger partial charge in [-0.3, -0.25) is 9.59 Å². The highest BCUT2D eigenvalue weighted by Crippen LogP contribution is 2.23. The maximum atomic E-state index is 11.8. The molecule has 8 nitrogen and oxygen atoms in total. The largest absolute Gasteiger partial charge is 0.497 e. The standard InChI is InChI=1S/C16H20N4O4/c1-10-13(16(22)20-18-10)6-7-15(21)19-17-9-11-4-5-12(23-2)8-14(11)24-3/h4-5,8-9,13H,6-7H2,1-3H3,(H,19,21)(H,20,22)/b17-9+/t13-/m1/s1. The lowest BCUT2D eigenvalue weighted by Gasteiger charge is -2.07. The van der Waals surface area contributed by atoms with Crippen LogP contribution in [0.15, 0.2) is 28.4 Å². The van der Waals surface area contributed by atoms with Gasteiger partial charge < -0.3 is 9.47 Å². The van der Waals surface area contributed by atoms with Gasteiger partial charge in [0.1, 0.15) is 11.5 Å². The number of ether oxygens (including phenoxy) is 2. The Bertz CT molecular complexity index is 685. The molecule has 1 atom stereocenters. The lowest BCUT2D eigenvalue weighted by molar-refractivity contribution is -0.123. The third-order valence-corrected chi connectivity index (χ3v) is 3.66. The number of hydrazone groups is 2. The van der Waals surface area contributed by atoms with Crippen molar-refractivity contribution in [3.63, 3.8) is 0 Å². The van der Waals surface area contributed by atoms with Crippen LogP contribution in [-0.4, -0.2) is 38.0 Å². The van der Waals surface area contributed by atoms with Gasteiger partial charge in [-0.2, -0.15) is 10.2 Å². The molecule has 1 aromatic rings. The van der Waals surface area contributed by atoms with E-state index in [1.807, 2.05) is 0 Å². The molecule has 24 heavy (non-hydrogen) atoms. The summed E-state index contributed by atoms with van der Waals surface area (Å²) in [5, 5.41) is 7.76. The van der Waals surface area contributed by atoms with Gasteiger partial charge in [0.05, 0.1) is 26.4 Å². The number of nitrogens with zero attached hydrogens (tertiary/aromatic N) is 2. The molecule has 0 spiro atoms. The number of carbonyl (C=O) groups excluding carboxylic acids is 2. The van der Waals surface area contributed by atoms with Crippen molar-refractivity contribution >= 4 is 23.7 Å². The Kier molecular flexibility index (Phi) is 5.89. The van der Waals surface area contributed by atoms with E-state index in [0.29, 0.717) is 29.2 Å². The average molecular weight is 332 g/mol. The molecule has 0 saturated carbocycles. The molecule has 1 heterocycles. The van der Waals surface area contributed by atoms with Gasteiger partial charge in [0.25, 0.3) is 0 Å². The molecular formula is C16H20N4O4. The first kappa shape index (κ1) is 17.5. The Morgan fingerprint density at radius 1 is 1.42 bits per heavy atom. The third-order valence-electron chi connectivity index (χ3n) is 3.66. The number of methoxy groups -OCH3 is 2. The van der Waals surface area contributed by atoms with Crippen LogP contribution < -0.4 is 20.3 Å². The van der Waals surface area contributed by atoms with E-state index in [4.69, 9.17) is 9.47 Å². The van der Waals surface area contributed by atoms with Crippen LogP contribution in [0.4, 0.5) is 0 Å². The number of benzene rings is 1. The van der Waals surface area contributed by atoms with Crippen molar-refractivity contribution < 1.29 is 19.1 Å². The summed E-state index contributed by atoms with van der Waals surface area (Å²) in [5.41, 5.74) is 6.23. The normalized spacial score (nSPS) is 16.7. The average Bonchev–Trinajstić information content (AvgIpc) is 2.91. The Labute approximate surface area is 139 Å². The number of hydrogen-bond acceptors (Lipinski definition) is 6. The van der Waals surface area contributed by atoms with Gasteiger partial charge in [-0.1, -0.05) is 0 Å². The second-order valence-electron chi connectivity index (χ2n) is 5.22. The number of nitrogens with one attached hydrogen (secondary N) is 2. The molecule has 2 N–H and O–H groups in total. The Morgan fingerprint density at radius 2 is 2.21 bits per heavy atom. The van der Waals surface area contributed by atoms with Gasteiger partial charge in [-0.25, -0.2) is 10.9 Å². The summed E-state index contributed by atoms with van der Waals surface area (Å²) in [7, 11) is 3.11. The molecule has 0 saturated heterocycles. The molecule has 1 aliphatic heterocycles. The number of carbonyl (C=O) groups is 2. The van der Waals surface area contributed by atoms with Crippen molar-refractivity contribution in [2.45, 2.75) is 19.8 Å². The van der Waals surface area contributed by atoms with E-state index in [1.165, 1.54) is 6.21 Å². The van der Waals surface area contributed by atoms with Crippen LogP contribution in [0.3, 0.4) is 0 Å². The summed E-state index contributed by atoms with van der Waals surface area (Å²) in [5.74, 6) is 0.459. The van der Waals surface area contributed by atoms with Crippen molar-refractivity contribution in [1.29, 1.82) is 0 Å². The van der Waals surface area contributed by atoms with Crippen molar-refractivity contribution in [3.05, 3.63) is 23.8 Å². The number of rotatable bonds is 7. The molecule has 2 rings (SSSR count). The summed E-state index contributed by atoms with van der Waals surface area (Å²) in [4.78, 5) is 23.3. The highest BCUT2D eigenvalue weighted by molar-refractivity contribution is 6.07. The summed E-state index contributed by atoms with van der Waals surface area (Å²) in [6.45, 7) is 1.76. The van der Waals surface area contributed by atoms with E-state index in [1.54, 1.807) is 39.3 Å². The first-order valence-corrected chi connectivity index (χ1v) is 7.43. The molecule has 0 fully saturated rings. The minimum atomic E-state index is -0.346. The Balaban J connectivity index is 1.86. The van der Waals surface area contributed by atoms with Crippen LogP contribution in [-0.2, 0) is 9.59 Å². The van der Waals surface area contributed by atoms with Crippen LogP contribution in [0.1, 0.15) is 25.3 Å². The maximum Gasteiger partial charge on any atom is 0.248 e. The second-order valence-corrected chi connectivity index (χ2v) is 5.22. The van der Waals surface area contributed by atoms with Crippen LogP contribution in [0.25, 0.3) is 0 Å². The zero-order valence-corrected chi connectivity index (χ0v) is 13.8. The van der Waals surface area contributed by atoms with Crippen LogP contribution in [0.2, 0.25) is 0 Å². The molecule has 128 valence electrons. The molecule has 8 heteroatoms. The number of amides is 2. The molecule has 0 bridgehead atoms. The summed E-state index contributed by atoms with van der Waals surface area (Å²) in [6.07, 6.45) is 2.07. The fourth-order valence-electron chi connectivity index (χ4n) is 2.26. The lowest BCUT2D eigenvalue weighted by Crippen LogP contribution is -2.25. The van der Waals surface area contributed by atoms with E-state index in [2.05, 4.69) is 21.1 Å². The fourth-order valence-corrected chi connectivity index (χ4v) is 2.26. The monoisotopic (exact) mass is 332 g/mol. The molecule has 2 amide bonds. The van der Waals surface area contributed by atoms with Gasteiger partial charge in [-0.15, -0.1) is 0 Å². The zero-order valence-electron chi connectivity index (χ0n) is 13.8. The molecule has 1 aliphatic rings. The van der Waals surface area contributed by atoms with E-state index in [0.717, 1.165) is 0 Å². The van der Waals surface area contributed by atoms with Crippen LogP contribution in [0, 0.1) is 5.92 Å². The molecule has 0 radical (unpaired) electrons. The lowest BCUT2D eigenvalue weighted by atomic mass is 9.99. The van der Waals surface area contributed by atoms with Gasteiger partial charge in [0.15, 0.2) is 0 Å². The molecule has 0 unspecified atom stereocenters. The molecular weight excluding hydrogens is 312 g/mol. The SMILES string of the molecule is COc1ccc(/C=N/NC(=O)CC[C@H]2C(=O)NN=C2C)c(OC)c1.